The van der Waals surface area contributed by atoms with E-state index in [4.69, 9.17) is 4.74 Å². The summed E-state index contributed by atoms with van der Waals surface area (Å²) in [5.41, 5.74) is 0. The topological polar surface area (TPSA) is 50.4 Å². The van der Waals surface area contributed by atoms with Crippen LogP contribution in [0.2, 0.25) is 0 Å². The number of hydrogen-bond donors (Lipinski definition) is 2. The first kappa shape index (κ1) is 14.3. The van der Waals surface area contributed by atoms with Crippen LogP contribution in [0.4, 0.5) is 0 Å². The van der Waals surface area contributed by atoms with Gasteiger partial charge in [0.25, 0.3) is 5.91 Å². The number of carbonyl (C=O) groups excluding carboxylic acids is 1. The van der Waals surface area contributed by atoms with Crippen molar-refractivity contribution < 1.29 is 9.53 Å². The molecule has 0 radical (unpaired) electrons. The third-order valence-electron chi connectivity index (χ3n) is 3.32. The fraction of sp³-hybridized carbons (Fsp3) is 0.500. The zero-order valence-electron chi connectivity index (χ0n) is 11.0. The molecule has 2 unspecified atom stereocenters. The van der Waals surface area contributed by atoms with Crippen LogP contribution in [0.5, 0.6) is 5.75 Å². The van der Waals surface area contributed by atoms with Gasteiger partial charge in [-0.05, 0) is 49.7 Å². The fourth-order valence-electron chi connectivity index (χ4n) is 2.16. The third kappa shape index (κ3) is 4.51. The molecule has 1 fully saturated rings. The molecule has 104 valence electrons. The molecule has 0 spiro atoms. The largest absolute Gasteiger partial charge is 0.484 e. The van der Waals surface area contributed by atoms with Gasteiger partial charge >= 0.3 is 0 Å². The van der Waals surface area contributed by atoms with Crippen molar-refractivity contribution in [3.05, 3.63) is 28.7 Å². The van der Waals surface area contributed by atoms with Gasteiger partial charge in [-0.25, -0.2) is 0 Å². The predicted molar refractivity (Wildman–Crippen MR) is 78.2 cm³/mol. The van der Waals surface area contributed by atoms with Gasteiger partial charge < -0.3 is 15.4 Å². The maximum atomic E-state index is 11.8. The Morgan fingerprint density at radius 3 is 2.89 bits per heavy atom. The lowest BCUT2D eigenvalue weighted by Gasteiger charge is -2.30. The second kappa shape index (κ2) is 6.91. The van der Waals surface area contributed by atoms with E-state index < -0.39 is 0 Å². The van der Waals surface area contributed by atoms with E-state index >= 15 is 0 Å². The van der Waals surface area contributed by atoms with E-state index in [9.17, 15) is 4.79 Å². The third-order valence-corrected chi connectivity index (χ3v) is 3.84. The highest BCUT2D eigenvalue weighted by Crippen LogP contribution is 2.16. The summed E-state index contributed by atoms with van der Waals surface area (Å²) in [4.78, 5) is 11.8. The molecule has 2 rings (SSSR count). The highest BCUT2D eigenvalue weighted by atomic mass is 79.9. The maximum Gasteiger partial charge on any atom is 0.258 e. The first-order valence-electron chi connectivity index (χ1n) is 6.53. The Balaban J connectivity index is 1.76. The highest BCUT2D eigenvalue weighted by Gasteiger charge is 2.22. The number of hydrogen-bond acceptors (Lipinski definition) is 3. The molecule has 5 heteroatoms. The minimum Gasteiger partial charge on any atom is -0.484 e. The zero-order valence-corrected chi connectivity index (χ0v) is 12.6. The van der Waals surface area contributed by atoms with Crippen molar-refractivity contribution in [2.24, 2.45) is 5.92 Å². The Bertz CT molecular complexity index is 422. The van der Waals surface area contributed by atoms with E-state index in [-0.39, 0.29) is 18.6 Å². The Morgan fingerprint density at radius 2 is 2.21 bits per heavy atom. The van der Waals surface area contributed by atoms with Gasteiger partial charge in [-0.2, -0.15) is 0 Å². The van der Waals surface area contributed by atoms with Crippen LogP contribution in [0, 0.1) is 5.92 Å². The first-order valence-corrected chi connectivity index (χ1v) is 7.33. The van der Waals surface area contributed by atoms with Crippen LogP contribution >= 0.6 is 15.9 Å². The number of halogens is 1. The summed E-state index contributed by atoms with van der Waals surface area (Å²) in [5.74, 6) is 1.11. The van der Waals surface area contributed by atoms with Crippen molar-refractivity contribution in [3.8, 4) is 5.75 Å². The van der Waals surface area contributed by atoms with Gasteiger partial charge in [-0.3, -0.25) is 4.79 Å². The quantitative estimate of drug-likeness (QED) is 0.889. The Morgan fingerprint density at radius 1 is 1.47 bits per heavy atom. The Kier molecular flexibility index (Phi) is 5.22. The normalized spacial score (nSPS) is 22.8. The number of carbonyl (C=O) groups is 1. The van der Waals surface area contributed by atoms with E-state index in [1.807, 2.05) is 24.3 Å². The molecular weight excluding hydrogens is 308 g/mol. The Hall–Kier alpha value is -1.07. The van der Waals surface area contributed by atoms with Crippen LogP contribution in [0.15, 0.2) is 28.7 Å². The summed E-state index contributed by atoms with van der Waals surface area (Å²) in [6.45, 7) is 4.13. The monoisotopic (exact) mass is 326 g/mol. The van der Waals surface area contributed by atoms with Gasteiger partial charge in [0.05, 0.1) is 0 Å². The van der Waals surface area contributed by atoms with Crippen LogP contribution in [0.25, 0.3) is 0 Å². The van der Waals surface area contributed by atoms with Crippen molar-refractivity contribution in [1.82, 2.24) is 10.6 Å². The molecule has 1 heterocycles. The molecule has 2 N–H and O–H groups in total. The van der Waals surface area contributed by atoms with E-state index in [0.29, 0.717) is 11.7 Å². The van der Waals surface area contributed by atoms with Gasteiger partial charge in [-0.15, -0.1) is 0 Å². The summed E-state index contributed by atoms with van der Waals surface area (Å²) < 4.78 is 6.44. The number of ether oxygens (including phenoxy) is 1. The lowest BCUT2D eigenvalue weighted by Crippen LogP contribution is -2.49. The predicted octanol–water partition coefficient (Wildman–Crippen LogP) is 1.94. The second-order valence-electron chi connectivity index (χ2n) is 4.89. The fourth-order valence-corrected chi connectivity index (χ4v) is 2.42. The SMILES string of the molecule is CC1CNCCC1NC(=O)COc1ccc(Br)cc1. The number of piperidine rings is 1. The second-order valence-corrected chi connectivity index (χ2v) is 5.80. The molecule has 0 saturated carbocycles. The van der Waals surface area contributed by atoms with Gasteiger partial charge in [0, 0.05) is 10.5 Å². The highest BCUT2D eigenvalue weighted by molar-refractivity contribution is 9.10. The molecule has 1 aliphatic heterocycles. The maximum absolute atomic E-state index is 11.8. The Labute approximate surface area is 122 Å². The molecule has 0 aliphatic carbocycles. The summed E-state index contributed by atoms with van der Waals surface area (Å²) in [5, 5.41) is 6.35. The molecule has 1 aromatic carbocycles. The summed E-state index contributed by atoms with van der Waals surface area (Å²) >= 11 is 3.36. The molecule has 1 aromatic rings. The lowest BCUT2D eigenvalue weighted by molar-refractivity contribution is -0.124. The van der Waals surface area contributed by atoms with Crippen LogP contribution < -0.4 is 15.4 Å². The summed E-state index contributed by atoms with van der Waals surface area (Å²) in [7, 11) is 0. The molecule has 1 saturated heterocycles. The van der Waals surface area contributed by atoms with Gasteiger partial charge in [-0.1, -0.05) is 22.9 Å². The number of rotatable bonds is 4. The van der Waals surface area contributed by atoms with E-state index in [2.05, 4.69) is 33.5 Å². The smallest absolute Gasteiger partial charge is 0.258 e. The van der Waals surface area contributed by atoms with Crippen molar-refractivity contribution in [2.45, 2.75) is 19.4 Å². The average Bonchev–Trinajstić information content (AvgIpc) is 2.41. The van der Waals surface area contributed by atoms with Crippen molar-refractivity contribution in [3.63, 3.8) is 0 Å². The molecular formula is C14H19BrN2O2. The number of nitrogens with one attached hydrogen (secondary N) is 2. The van der Waals surface area contributed by atoms with Crippen LogP contribution in [0.3, 0.4) is 0 Å². The van der Waals surface area contributed by atoms with E-state index in [1.54, 1.807) is 0 Å². The van der Waals surface area contributed by atoms with Crippen molar-refractivity contribution in [1.29, 1.82) is 0 Å². The summed E-state index contributed by atoms with van der Waals surface area (Å²) in [6.07, 6.45) is 0.977. The van der Waals surface area contributed by atoms with Crippen molar-refractivity contribution in [2.75, 3.05) is 19.7 Å². The molecule has 0 aromatic heterocycles. The molecule has 19 heavy (non-hydrogen) atoms. The number of benzene rings is 1. The first-order chi connectivity index (χ1) is 9.15. The van der Waals surface area contributed by atoms with Crippen LogP contribution in [-0.4, -0.2) is 31.6 Å². The van der Waals surface area contributed by atoms with Gasteiger partial charge in [0.1, 0.15) is 5.75 Å². The molecule has 2 atom stereocenters. The van der Waals surface area contributed by atoms with Crippen LogP contribution in [-0.2, 0) is 4.79 Å². The minimum atomic E-state index is -0.0540. The summed E-state index contributed by atoms with van der Waals surface area (Å²) in [6, 6.07) is 7.71. The van der Waals surface area contributed by atoms with Crippen molar-refractivity contribution >= 4 is 21.8 Å². The minimum absolute atomic E-state index is 0.0540. The zero-order chi connectivity index (χ0) is 13.7. The van der Waals surface area contributed by atoms with Crippen LogP contribution in [0.1, 0.15) is 13.3 Å². The molecule has 1 aliphatic rings. The molecule has 1 amide bonds. The lowest BCUT2D eigenvalue weighted by atomic mass is 9.95. The van der Waals surface area contributed by atoms with E-state index in [0.717, 1.165) is 24.0 Å². The average molecular weight is 327 g/mol. The number of amides is 1. The van der Waals surface area contributed by atoms with Gasteiger partial charge in [0.15, 0.2) is 6.61 Å². The van der Waals surface area contributed by atoms with Gasteiger partial charge in [0.2, 0.25) is 0 Å². The molecule has 4 nitrogen and oxygen atoms in total. The van der Waals surface area contributed by atoms with E-state index in [1.165, 1.54) is 0 Å². The molecule has 0 bridgehead atoms. The standard InChI is InChI=1S/C14H19BrN2O2/c1-10-8-16-7-6-13(10)17-14(18)9-19-12-4-2-11(15)3-5-12/h2-5,10,13,16H,6-9H2,1H3,(H,17,18).